The summed E-state index contributed by atoms with van der Waals surface area (Å²) in [5.74, 6) is 1.43. The van der Waals surface area contributed by atoms with E-state index in [-0.39, 0.29) is 5.82 Å². The second-order valence-electron chi connectivity index (χ2n) is 6.94. The van der Waals surface area contributed by atoms with Gasteiger partial charge < -0.3 is 15.5 Å². The summed E-state index contributed by atoms with van der Waals surface area (Å²) in [5.41, 5.74) is 1.11. The molecule has 0 bridgehead atoms. The van der Waals surface area contributed by atoms with Gasteiger partial charge in [-0.15, -0.1) is 0 Å². The molecule has 7 nitrogen and oxygen atoms in total. The molecule has 0 unspecified atom stereocenters. The van der Waals surface area contributed by atoms with Crippen LogP contribution in [0.4, 0.5) is 10.3 Å². The zero-order chi connectivity index (χ0) is 20.3. The van der Waals surface area contributed by atoms with E-state index in [1.807, 2.05) is 18.2 Å². The van der Waals surface area contributed by atoms with Crippen LogP contribution >= 0.6 is 0 Å². The molecule has 2 N–H and O–H groups in total. The molecular formula is C21H30FN7. The Hall–Kier alpha value is -2.74. The van der Waals surface area contributed by atoms with E-state index in [9.17, 15) is 4.39 Å². The van der Waals surface area contributed by atoms with Crippen LogP contribution in [0, 0.1) is 5.82 Å². The van der Waals surface area contributed by atoms with Crippen molar-refractivity contribution in [3.05, 3.63) is 54.1 Å². The molecule has 0 amide bonds. The minimum atomic E-state index is -0.200. The smallest absolute Gasteiger partial charge is 0.225 e. The molecule has 1 aliphatic rings. The first-order valence-corrected chi connectivity index (χ1v) is 10.3. The summed E-state index contributed by atoms with van der Waals surface area (Å²) in [6.45, 7) is 9.15. The fourth-order valence-corrected chi connectivity index (χ4v) is 3.25. The van der Waals surface area contributed by atoms with Gasteiger partial charge >= 0.3 is 0 Å². The predicted octanol–water partition coefficient (Wildman–Crippen LogP) is 1.54. The molecule has 1 aromatic carbocycles. The summed E-state index contributed by atoms with van der Waals surface area (Å²) in [5, 5.41) is 6.63. The fraction of sp³-hybridized carbons (Fsp3) is 0.476. The molecule has 0 aliphatic carbocycles. The predicted molar refractivity (Wildman–Crippen MR) is 115 cm³/mol. The van der Waals surface area contributed by atoms with Gasteiger partial charge in [0.15, 0.2) is 5.96 Å². The van der Waals surface area contributed by atoms with E-state index in [4.69, 9.17) is 0 Å². The van der Waals surface area contributed by atoms with E-state index in [1.165, 1.54) is 12.1 Å². The molecule has 2 heterocycles. The number of nitrogens with one attached hydrogen (secondary N) is 2. The first kappa shape index (κ1) is 21.0. The molecule has 156 valence electrons. The fourth-order valence-electron chi connectivity index (χ4n) is 3.25. The number of benzene rings is 1. The number of anilines is 1. The van der Waals surface area contributed by atoms with Crippen LogP contribution in [0.15, 0.2) is 47.7 Å². The topological polar surface area (TPSA) is 68.7 Å². The van der Waals surface area contributed by atoms with Gasteiger partial charge in [0.05, 0.1) is 6.54 Å². The molecule has 1 fully saturated rings. The van der Waals surface area contributed by atoms with Crippen molar-refractivity contribution in [2.45, 2.75) is 13.3 Å². The van der Waals surface area contributed by atoms with Crippen LogP contribution in [0.5, 0.6) is 0 Å². The summed E-state index contributed by atoms with van der Waals surface area (Å²) in [7, 11) is 0. The first-order chi connectivity index (χ1) is 14.2. The number of halogens is 1. The lowest BCUT2D eigenvalue weighted by Crippen LogP contribution is -2.47. The van der Waals surface area contributed by atoms with Gasteiger partial charge in [0.2, 0.25) is 5.95 Å². The zero-order valence-corrected chi connectivity index (χ0v) is 17.0. The number of hydrogen-bond donors (Lipinski definition) is 2. The number of guanidine groups is 1. The number of piperazine rings is 1. The van der Waals surface area contributed by atoms with Crippen molar-refractivity contribution in [1.82, 2.24) is 25.5 Å². The molecule has 1 aliphatic heterocycles. The highest BCUT2D eigenvalue weighted by Gasteiger charge is 2.18. The molecular weight excluding hydrogens is 369 g/mol. The Kier molecular flexibility index (Phi) is 8.18. The lowest BCUT2D eigenvalue weighted by atomic mass is 10.1. The lowest BCUT2D eigenvalue weighted by Gasteiger charge is -2.34. The van der Waals surface area contributed by atoms with Crippen molar-refractivity contribution in [3.8, 4) is 0 Å². The van der Waals surface area contributed by atoms with Gasteiger partial charge in [-0.3, -0.25) is 9.89 Å². The molecule has 0 saturated carbocycles. The molecule has 8 heteroatoms. The van der Waals surface area contributed by atoms with E-state index in [0.717, 1.165) is 76.3 Å². The third-order valence-corrected chi connectivity index (χ3v) is 4.86. The number of aliphatic imine (C=N–C) groups is 1. The highest BCUT2D eigenvalue weighted by molar-refractivity contribution is 5.79. The molecule has 0 radical (unpaired) electrons. The Bertz CT molecular complexity index is 743. The quantitative estimate of drug-likeness (QED) is 0.518. The summed E-state index contributed by atoms with van der Waals surface area (Å²) < 4.78 is 13.0. The second kappa shape index (κ2) is 11.3. The number of hydrogen-bond acceptors (Lipinski definition) is 5. The molecule has 1 saturated heterocycles. The molecule has 29 heavy (non-hydrogen) atoms. The third-order valence-electron chi connectivity index (χ3n) is 4.86. The van der Waals surface area contributed by atoms with Crippen molar-refractivity contribution in [1.29, 1.82) is 0 Å². The molecule has 2 aromatic rings. The number of nitrogens with zero attached hydrogens (tertiary/aromatic N) is 5. The first-order valence-electron chi connectivity index (χ1n) is 10.3. The molecule has 0 atom stereocenters. The van der Waals surface area contributed by atoms with Gasteiger partial charge in [0, 0.05) is 58.2 Å². The van der Waals surface area contributed by atoms with Crippen LogP contribution in [0.2, 0.25) is 0 Å². The SMILES string of the molecule is CCNC(=NCCN1CCN(c2ncccn2)CC1)NCCc1ccc(F)cc1. The molecule has 3 rings (SSSR count). The van der Waals surface area contributed by atoms with Crippen molar-refractivity contribution >= 4 is 11.9 Å². The van der Waals surface area contributed by atoms with Crippen LogP contribution < -0.4 is 15.5 Å². The van der Waals surface area contributed by atoms with Crippen LogP contribution in [-0.2, 0) is 6.42 Å². The Balaban J connectivity index is 1.38. The van der Waals surface area contributed by atoms with Crippen LogP contribution in [0.1, 0.15) is 12.5 Å². The highest BCUT2D eigenvalue weighted by Crippen LogP contribution is 2.09. The third kappa shape index (κ3) is 6.98. The van der Waals surface area contributed by atoms with E-state index in [2.05, 4.69) is 42.3 Å². The minimum absolute atomic E-state index is 0.200. The van der Waals surface area contributed by atoms with E-state index >= 15 is 0 Å². The monoisotopic (exact) mass is 399 g/mol. The lowest BCUT2D eigenvalue weighted by molar-refractivity contribution is 0.263. The van der Waals surface area contributed by atoms with Crippen molar-refractivity contribution in [2.24, 2.45) is 4.99 Å². The normalized spacial score (nSPS) is 15.4. The van der Waals surface area contributed by atoms with E-state index in [0.29, 0.717) is 0 Å². The minimum Gasteiger partial charge on any atom is -0.357 e. The molecule has 0 spiro atoms. The van der Waals surface area contributed by atoms with E-state index < -0.39 is 0 Å². The second-order valence-corrected chi connectivity index (χ2v) is 6.94. The van der Waals surface area contributed by atoms with Gasteiger partial charge in [0.1, 0.15) is 5.82 Å². The van der Waals surface area contributed by atoms with Gasteiger partial charge in [-0.1, -0.05) is 12.1 Å². The maximum absolute atomic E-state index is 13.0. The van der Waals surface area contributed by atoms with Gasteiger partial charge in [0.25, 0.3) is 0 Å². The summed E-state index contributed by atoms with van der Waals surface area (Å²) in [6, 6.07) is 8.48. The largest absolute Gasteiger partial charge is 0.357 e. The average molecular weight is 400 g/mol. The standard InChI is InChI=1S/C21H30FN7/c1-2-23-20(24-11-8-18-4-6-19(22)7-5-18)25-12-13-28-14-16-29(17-15-28)21-26-9-3-10-27-21/h3-7,9-10H,2,8,11-17H2,1H3,(H2,23,24,25). The summed E-state index contributed by atoms with van der Waals surface area (Å²) in [4.78, 5) is 18.0. The molecule has 1 aromatic heterocycles. The van der Waals surface area contributed by atoms with Gasteiger partial charge in [-0.25, -0.2) is 14.4 Å². The van der Waals surface area contributed by atoms with Gasteiger partial charge in [-0.05, 0) is 37.1 Å². The summed E-state index contributed by atoms with van der Waals surface area (Å²) >= 11 is 0. The summed E-state index contributed by atoms with van der Waals surface area (Å²) in [6.07, 6.45) is 4.40. The highest BCUT2D eigenvalue weighted by atomic mass is 19.1. The average Bonchev–Trinajstić information content (AvgIpc) is 2.76. The van der Waals surface area contributed by atoms with Crippen LogP contribution in [-0.4, -0.2) is 73.2 Å². The van der Waals surface area contributed by atoms with Crippen molar-refractivity contribution in [2.75, 3.05) is 57.3 Å². The Morgan fingerprint density at radius 2 is 1.79 bits per heavy atom. The maximum atomic E-state index is 13.0. The Morgan fingerprint density at radius 1 is 1.07 bits per heavy atom. The number of rotatable bonds is 8. The van der Waals surface area contributed by atoms with E-state index in [1.54, 1.807) is 12.4 Å². The van der Waals surface area contributed by atoms with Crippen molar-refractivity contribution < 1.29 is 4.39 Å². The Labute approximate surface area is 172 Å². The maximum Gasteiger partial charge on any atom is 0.225 e. The van der Waals surface area contributed by atoms with Crippen LogP contribution in [0.3, 0.4) is 0 Å². The number of aromatic nitrogens is 2. The zero-order valence-electron chi connectivity index (χ0n) is 17.0. The van der Waals surface area contributed by atoms with Crippen LogP contribution in [0.25, 0.3) is 0 Å². The van der Waals surface area contributed by atoms with Gasteiger partial charge in [-0.2, -0.15) is 0 Å². The van der Waals surface area contributed by atoms with Crippen molar-refractivity contribution in [3.63, 3.8) is 0 Å². The Morgan fingerprint density at radius 3 is 2.48 bits per heavy atom.